The summed E-state index contributed by atoms with van der Waals surface area (Å²) < 4.78 is 5.34. The van der Waals surface area contributed by atoms with E-state index in [9.17, 15) is 4.79 Å². The number of amides is 1. The van der Waals surface area contributed by atoms with Gasteiger partial charge in [0.1, 0.15) is 0 Å². The molecule has 1 aromatic heterocycles. The van der Waals surface area contributed by atoms with Gasteiger partial charge in [0.25, 0.3) is 0 Å². The molecule has 2 heterocycles. The van der Waals surface area contributed by atoms with E-state index in [-0.39, 0.29) is 24.4 Å². The molecule has 0 spiro atoms. The molecule has 0 saturated carbocycles. The van der Waals surface area contributed by atoms with Gasteiger partial charge in [0, 0.05) is 30.9 Å². The summed E-state index contributed by atoms with van der Waals surface area (Å²) in [5.74, 6) is 0.168. The van der Waals surface area contributed by atoms with Crippen LogP contribution < -0.4 is 5.32 Å². The molecule has 6 heteroatoms. The van der Waals surface area contributed by atoms with Crippen molar-refractivity contribution in [1.29, 1.82) is 0 Å². The Morgan fingerprint density at radius 2 is 2.50 bits per heavy atom. The Labute approximate surface area is 118 Å². The first kappa shape index (κ1) is 15.4. The molecule has 1 aliphatic heterocycles. The first-order chi connectivity index (χ1) is 8.25. The third-order valence-electron chi connectivity index (χ3n) is 2.82. The van der Waals surface area contributed by atoms with E-state index in [1.807, 2.05) is 18.5 Å². The van der Waals surface area contributed by atoms with Crippen molar-refractivity contribution in [3.8, 4) is 0 Å². The number of morpholine rings is 1. The van der Waals surface area contributed by atoms with Crippen LogP contribution in [0.5, 0.6) is 0 Å². The van der Waals surface area contributed by atoms with Gasteiger partial charge in [-0.3, -0.25) is 4.79 Å². The van der Waals surface area contributed by atoms with Gasteiger partial charge in [0.15, 0.2) is 0 Å². The Morgan fingerprint density at radius 1 is 1.67 bits per heavy atom. The van der Waals surface area contributed by atoms with E-state index in [1.54, 1.807) is 16.2 Å². The molecule has 1 aromatic rings. The number of carbonyl (C=O) groups excluding carboxylic acids is 1. The highest BCUT2D eigenvalue weighted by Gasteiger charge is 2.19. The standard InChI is InChI=1S/C12H18N2O2S.ClH/c1-14(8-11-3-2-6-17-11)12(15)7-10-9-16-5-4-13-10;/h2-3,6,10,13H,4-5,7-9H2,1H3;1H. The largest absolute Gasteiger partial charge is 0.378 e. The zero-order valence-electron chi connectivity index (χ0n) is 10.4. The van der Waals surface area contributed by atoms with Crippen molar-refractivity contribution in [1.82, 2.24) is 10.2 Å². The molecule has 2 rings (SSSR count). The number of halogens is 1. The lowest BCUT2D eigenvalue weighted by Crippen LogP contribution is -2.44. The second kappa shape index (κ2) is 7.74. The smallest absolute Gasteiger partial charge is 0.224 e. The van der Waals surface area contributed by atoms with Gasteiger partial charge in [-0.1, -0.05) is 6.07 Å². The molecule has 1 fully saturated rings. The molecule has 1 N–H and O–H groups in total. The van der Waals surface area contributed by atoms with E-state index in [4.69, 9.17) is 4.74 Å². The van der Waals surface area contributed by atoms with Crippen LogP contribution in [0.2, 0.25) is 0 Å². The van der Waals surface area contributed by atoms with Crippen molar-refractivity contribution in [3.05, 3.63) is 22.4 Å². The Morgan fingerprint density at radius 3 is 3.11 bits per heavy atom. The monoisotopic (exact) mass is 290 g/mol. The van der Waals surface area contributed by atoms with Crippen LogP contribution >= 0.6 is 23.7 Å². The molecule has 1 amide bonds. The van der Waals surface area contributed by atoms with Crippen LogP contribution in [0, 0.1) is 0 Å². The average Bonchev–Trinajstić information content (AvgIpc) is 2.83. The van der Waals surface area contributed by atoms with E-state index in [2.05, 4.69) is 11.4 Å². The maximum atomic E-state index is 12.0. The summed E-state index contributed by atoms with van der Waals surface area (Å²) in [7, 11) is 1.85. The summed E-state index contributed by atoms with van der Waals surface area (Å²) >= 11 is 1.68. The minimum Gasteiger partial charge on any atom is -0.378 e. The summed E-state index contributed by atoms with van der Waals surface area (Å²) in [6.45, 7) is 2.92. The summed E-state index contributed by atoms with van der Waals surface area (Å²) in [5, 5.41) is 5.33. The minimum absolute atomic E-state index is 0. The van der Waals surface area contributed by atoms with Crippen LogP contribution in [-0.4, -0.2) is 43.7 Å². The van der Waals surface area contributed by atoms with Gasteiger partial charge in [-0.25, -0.2) is 0 Å². The maximum Gasteiger partial charge on any atom is 0.224 e. The van der Waals surface area contributed by atoms with Crippen LogP contribution in [0.1, 0.15) is 11.3 Å². The van der Waals surface area contributed by atoms with Crippen molar-refractivity contribution in [3.63, 3.8) is 0 Å². The van der Waals surface area contributed by atoms with E-state index in [1.165, 1.54) is 4.88 Å². The molecule has 1 aliphatic rings. The van der Waals surface area contributed by atoms with Gasteiger partial charge in [-0.15, -0.1) is 23.7 Å². The molecule has 0 radical (unpaired) electrons. The van der Waals surface area contributed by atoms with Crippen LogP contribution in [0.4, 0.5) is 0 Å². The number of nitrogens with zero attached hydrogens (tertiary/aromatic N) is 1. The third kappa shape index (κ3) is 4.57. The number of thiophene rings is 1. The highest BCUT2D eigenvalue weighted by molar-refractivity contribution is 7.09. The summed E-state index contributed by atoms with van der Waals surface area (Å²) in [6.07, 6.45) is 0.516. The lowest BCUT2D eigenvalue weighted by molar-refractivity contribution is -0.131. The van der Waals surface area contributed by atoms with Crippen LogP contribution in [0.25, 0.3) is 0 Å². The second-order valence-electron chi connectivity index (χ2n) is 4.26. The van der Waals surface area contributed by atoms with E-state index in [0.717, 1.165) is 13.2 Å². The van der Waals surface area contributed by atoms with Gasteiger partial charge in [-0.2, -0.15) is 0 Å². The average molecular weight is 291 g/mol. The topological polar surface area (TPSA) is 41.6 Å². The first-order valence-electron chi connectivity index (χ1n) is 5.83. The zero-order chi connectivity index (χ0) is 12.1. The predicted molar refractivity (Wildman–Crippen MR) is 75.3 cm³/mol. The number of hydrogen-bond acceptors (Lipinski definition) is 4. The van der Waals surface area contributed by atoms with Gasteiger partial charge in [-0.05, 0) is 11.4 Å². The van der Waals surface area contributed by atoms with Crippen molar-refractivity contribution in [2.45, 2.75) is 19.0 Å². The van der Waals surface area contributed by atoms with Gasteiger partial charge < -0.3 is 15.0 Å². The molecule has 0 bridgehead atoms. The lowest BCUT2D eigenvalue weighted by atomic mass is 10.2. The fourth-order valence-electron chi connectivity index (χ4n) is 1.84. The summed E-state index contributed by atoms with van der Waals surface area (Å²) in [6, 6.07) is 4.23. The van der Waals surface area contributed by atoms with Crippen molar-refractivity contribution < 1.29 is 9.53 Å². The normalized spacial score (nSPS) is 19.1. The Kier molecular flexibility index (Phi) is 6.63. The molecule has 1 atom stereocenters. The molecule has 0 aromatic carbocycles. The second-order valence-corrected chi connectivity index (χ2v) is 5.29. The predicted octanol–water partition coefficient (Wildman–Crippen LogP) is 1.51. The molecule has 1 unspecified atom stereocenters. The van der Waals surface area contributed by atoms with Crippen molar-refractivity contribution >= 4 is 29.7 Å². The fourth-order valence-corrected chi connectivity index (χ4v) is 2.60. The molecule has 0 aliphatic carbocycles. The van der Waals surface area contributed by atoms with Gasteiger partial charge >= 0.3 is 0 Å². The highest BCUT2D eigenvalue weighted by Crippen LogP contribution is 2.12. The van der Waals surface area contributed by atoms with Gasteiger partial charge in [0.05, 0.1) is 19.8 Å². The number of ether oxygens (including phenoxy) is 1. The van der Waals surface area contributed by atoms with Gasteiger partial charge in [0.2, 0.25) is 5.91 Å². The van der Waals surface area contributed by atoms with E-state index < -0.39 is 0 Å². The first-order valence-corrected chi connectivity index (χ1v) is 6.71. The highest BCUT2D eigenvalue weighted by atomic mass is 35.5. The number of nitrogens with one attached hydrogen (secondary N) is 1. The van der Waals surface area contributed by atoms with Crippen molar-refractivity contribution in [2.75, 3.05) is 26.8 Å². The third-order valence-corrected chi connectivity index (χ3v) is 3.68. The quantitative estimate of drug-likeness (QED) is 0.914. The molecule has 18 heavy (non-hydrogen) atoms. The number of rotatable bonds is 4. The molecular weight excluding hydrogens is 272 g/mol. The summed E-state index contributed by atoms with van der Waals surface area (Å²) in [4.78, 5) is 15.0. The minimum atomic E-state index is 0. The van der Waals surface area contributed by atoms with Crippen molar-refractivity contribution in [2.24, 2.45) is 0 Å². The van der Waals surface area contributed by atoms with E-state index >= 15 is 0 Å². The molecule has 4 nitrogen and oxygen atoms in total. The molecule has 1 saturated heterocycles. The van der Waals surface area contributed by atoms with Crippen LogP contribution in [0.3, 0.4) is 0 Å². The Bertz CT molecular complexity index is 353. The van der Waals surface area contributed by atoms with Crippen LogP contribution in [0.15, 0.2) is 17.5 Å². The molecular formula is C12H19ClN2O2S. The number of hydrogen-bond donors (Lipinski definition) is 1. The Hall–Kier alpha value is -0.620. The fraction of sp³-hybridized carbons (Fsp3) is 0.583. The van der Waals surface area contributed by atoms with E-state index in [0.29, 0.717) is 19.6 Å². The maximum absolute atomic E-state index is 12.0. The lowest BCUT2D eigenvalue weighted by Gasteiger charge is -2.25. The zero-order valence-corrected chi connectivity index (χ0v) is 12.1. The SMILES string of the molecule is CN(Cc1cccs1)C(=O)CC1COCCN1.Cl. The molecule has 102 valence electrons. The number of carbonyl (C=O) groups is 1. The van der Waals surface area contributed by atoms with Crippen LogP contribution in [-0.2, 0) is 16.1 Å². The summed E-state index contributed by atoms with van der Waals surface area (Å²) in [5.41, 5.74) is 0. The Balaban J connectivity index is 0.00000162.